The minimum absolute atomic E-state index is 0.293. The predicted molar refractivity (Wildman–Crippen MR) is 114 cm³/mol. The van der Waals surface area contributed by atoms with Gasteiger partial charge in [0.15, 0.2) is 0 Å². The molecule has 0 bridgehead atoms. The van der Waals surface area contributed by atoms with Gasteiger partial charge in [0.1, 0.15) is 11.4 Å². The van der Waals surface area contributed by atoms with Crippen LogP contribution in [0.5, 0.6) is 0 Å². The van der Waals surface area contributed by atoms with E-state index >= 15 is 0 Å². The second-order valence-electron chi connectivity index (χ2n) is 5.74. The zero-order valence-corrected chi connectivity index (χ0v) is 18.3. The monoisotopic (exact) mass is 476 g/mol. The molecule has 0 radical (unpaired) electrons. The number of ether oxygens (including phenoxy) is 2. The summed E-state index contributed by atoms with van der Waals surface area (Å²) in [5.41, 5.74) is 3.64. The van der Waals surface area contributed by atoms with Crippen molar-refractivity contribution in [2.24, 2.45) is 0 Å². The molecular formula is C21H18BrClN2O4. The van der Waals surface area contributed by atoms with Crippen LogP contribution >= 0.6 is 27.5 Å². The van der Waals surface area contributed by atoms with E-state index in [0.29, 0.717) is 16.4 Å². The quantitative estimate of drug-likeness (QED) is 0.487. The van der Waals surface area contributed by atoms with Crippen molar-refractivity contribution in [1.82, 2.24) is 9.97 Å². The third kappa shape index (κ3) is 6.37. The van der Waals surface area contributed by atoms with E-state index in [1.54, 1.807) is 30.6 Å². The molecule has 0 N–H and O–H groups in total. The number of methoxy groups -OCH3 is 2. The lowest BCUT2D eigenvalue weighted by molar-refractivity contribution is 0.0585. The molecule has 0 fully saturated rings. The third-order valence-electron chi connectivity index (χ3n) is 3.79. The van der Waals surface area contributed by atoms with E-state index in [4.69, 9.17) is 11.6 Å². The van der Waals surface area contributed by atoms with Gasteiger partial charge in [-0.1, -0.05) is 23.7 Å². The molecule has 0 amide bonds. The van der Waals surface area contributed by atoms with Crippen LogP contribution in [0.4, 0.5) is 0 Å². The summed E-state index contributed by atoms with van der Waals surface area (Å²) in [4.78, 5) is 30.0. The molecular weight excluding hydrogens is 460 g/mol. The molecule has 29 heavy (non-hydrogen) atoms. The summed E-state index contributed by atoms with van der Waals surface area (Å²) in [7, 11) is 2.66. The van der Waals surface area contributed by atoms with Gasteiger partial charge >= 0.3 is 11.9 Å². The highest BCUT2D eigenvalue weighted by atomic mass is 79.9. The lowest BCUT2D eigenvalue weighted by atomic mass is 10.0. The lowest BCUT2D eigenvalue weighted by Crippen LogP contribution is -2.03. The first-order chi connectivity index (χ1) is 13.8. The number of esters is 2. The number of aromatic nitrogens is 2. The molecule has 150 valence electrons. The van der Waals surface area contributed by atoms with Crippen LogP contribution in [-0.4, -0.2) is 36.1 Å². The Morgan fingerprint density at radius 2 is 1.48 bits per heavy atom. The topological polar surface area (TPSA) is 78.4 Å². The minimum Gasteiger partial charge on any atom is -0.464 e. The summed E-state index contributed by atoms with van der Waals surface area (Å²) in [5.74, 6) is -0.859. The Morgan fingerprint density at radius 1 is 0.897 bits per heavy atom. The van der Waals surface area contributed by atoms with Crippen molar-refractivity contribution >= 4 is 39.5 Å². The molecule has 2 heterocycles. The van der Waals surface area contributed by atoms with Crippen LogP contribution in [0.1, 0.15) is 26.5 Å². The lowest BCUT2D eigenvalue weighted by Gasteiger charge is -2.06. The van der Waals surface area contributed by atoms with E-state index in [0.717, 1.165) is 21.2 Å². The van der Waals surface area contributed by atoms with Crippen molar-refractivity contribution < 1.29 is 19.1 Å². The largest absolute Gasteiger partial charge is 0.464 e. The summed E-state index contributed by atoms with van der Waals surface area (Å²) in [5, 5.41) is 0.674. The van der Waals surface area contributed by atoms with Crippen LogP contribution in [0.2, 0.25) is 5.02 Å². The number of hydrogen-bond acceptors (Lipinski definition) is 6. The van der Waals surface area contributed by atoms with Crippen LogP contribution in [-0.2, 0) is 9.47 Å². The first-order valence-electron chi connectivity index (χ1n) is 8.36. The van der Waals surface area contributed by atoms with E-state index in [1.807, 2.05) is 31.2 Å². The number of benzene rings is 1. The summed E-state index contributed by atoms with van der Waals surface area (Å²) in [6, 6.07) is 12.5. The Kier molecular flexibility index (Phi) is 8.30. The van der Waals surface area contributed by atoms with Gasteiger partial charge in [-0.15, -0.1) is 0 Å². The zero-order valence-electron chi connectivity index (χ0n) is 16.0. The number of aryl methyl sites for hydroxylation is 1. The molecule has 0 aliphatic carbocycles. The molecule has 0 atom stereocenters. The van der Waals surface area contributed by atoms with Crippen molar-refractivity contribution in [3.05, 3.63) is 81.3 Å². The van der Waals surface area contributed by atoms with Gasteiger partial charge in [0.25, 0.3) is 0 Å². The maximum absolute atomic E-state index is 11.3. The van der Waals surface area contributed by atoms with E-state index in [1.165, 1.54) is 14.2 Å². The molecule has 3 rings (SSSR count). The number of pyridine rings is 2. The van der Waals surface area contributed by atoms with E-state index in [-0.39, 0.29) is 0 Å². The second-order valence-corrected chi connectivity index (χ2v) is 7.09. The Morgan fingerprint density at radius 3 is 1.97 bits per heavy atom. The maximum Gasteiger partial charge on any atom is 0.356 e. The van der Waals surface area contributed by atoms with Gasteiger partial charge in [-0.25, -0.2) is 19.6 Å². The number of hydrogen-bond donors (Lipinski definition) is 0. The van der Waals surface area contributed by atoms with Gasteiger partial charge in [0.05, 0.1) is 14.2 Å². The maximum atomic E-state index is 11.3. The first-order valence-corrected chi connectivity index (χ1v) is 9.53. The van der Waals surface area contributed by atoms with E-state index in [9.17, 15) is 9.59 Å². The molecule has 6 nitrogen and oxygen atoms in total. The van der Waals surface area contributed by atoms with Crippen LogP contribution in [0.25, 0.3) is 11.1 Å². The molecule has 2 aromatic heterocycles. The van der Waals surface area contributed by atoms with Crippen LogP contribution in [0.15, 0.2) is 59.3 Å². The zero-order chi connectivity index (χ0) is 21.4. The van der Waals surface area contributed by atoms with E-state index < -0.39 is 11.9 Å². The number of halogens is 2. The number of rotatable bonds is 3. The van der Waals surface area contributed by atoms with Gasteiger partial charge in [0.2, 0.25) is 0 Å². The van der Waals surface area contributed by atoms with Crippen LogP contribution < -0.4 is 0 Å². The van der Waals surface area contributed by atoms with Gasteiger partial charge < -0.3 is 9.47 Å². The molecule has 0 aliphatic rings. The molecule has 0 saturated carbocycles. The fraction of sp³-hybridized carbons (Fsp3) is 0.143. The predicted octanol–water partition coefficient (Wildman–Crippen LogP) is 5.13. The Hall–Kier alpha value is -2.77. The fourth-order valence-corrected chi connectivity index (χ4v) is 2.69. The summed E-state index contributed by atoms with van der Waals surface area (Å²) < 4.78 is 9.90. The molecule has 0 saturated heterocycles. The van der Waals surface area contributed by atoms with Crippen molar-refractivity contribution in [3.8, 4) is 11.1 Å². The van der Waals surface area contributed by atoms with Crippen molar-refractivity contribution in [3.63, 3.8) is 0 Å². The third-order valence-corrected chi connectivity index (χ3v) is 4.49. The Bertz CT molecular complexity index is 993. The molecule has 0 spiro atoms. The molecule has 0 aliphatic heterocycles. The summed E-state index contributed by atoms with van der Waals surface area (Å²) in [6.07, 6.45) is 3.19. The fourth-order valence-electron chi connectivity index (χ4n) is 2.28. The Balaban J connectivity index is 0.000000234. The average Bonchev–Trinajstić information content (AvgIpc) is 2.75. The number of carbonyl (C=O) groups is 2. The van der Waals surface area contributed by atoms with Crippen LogP contribution in [0.3, 0.4) is 0 Å². The van der Waals surface area contributed by atoms with Crippen molar-refractivity contribution in [2.75, 3.05) is 14.2 Å². The average molecular weight is 478 g/mol. The van der Waals surface area contributed by atoms with Gasteiger partial charge in [-0.3, -0.25) is 0 Å². The minimum atomic E-state index is -0.440. The van der Waals surface area contributed by atoms with E-state index in [2.05, 4.69) is 35.4 Å². The molecule has 1 aromatic carbocycles. The number of nitrogens with zero attached hydrogens (tertiary/aromatic N) is 2. The molecule has 8 heteroatoms. The summed E-state index contributed by atoms with van der Waals surface area (Å²) in [6.45, 7) is 2.00. The first kappa shape index (κ1) is 22.5. The molecule has 0 unspecified atom stereocenters. The highest BCUT2D eigenvalue weighted by Crippen LogP contribution is 2.26. The second kappa shape index (κ2) is 10.7. The van der Waals surface area contributed by atoms with Gasteiger partial charge in [-0.05, 0) is 64.3 Å². The van der Waals surface area contributed by atoms with Gasteiger partial charge in [-0.2, -0.15) is 0 Å². The van der Waals surface area contributed by atoms with Crippen molar-refractivity contribution in [2.45, 2.75) is 6.92 Å². The SMILES string of the molecule is COC(=O)c1ccc(-c2cc(Cl)ccc2C)cn1.COC(=O)c1ccc(Br)cn1. The van der Waals surface area contributed by atoms with Gasteiger partial charge in [0, 0.05) is 27.5 Å². The summed E-state index contributed by atoms with van der Waals surface area (Å²) >= 11 is 9.18. The smallest absolute Gasteiger partial charge is 0.356 e. The number of carbonyl (C=O) groups excluding carboxylic acids is 2. The van der Waals surface area contributed by atoms with Crippen LogP contribution in [0, 0.1) is 6.92 Å². The highest BCUT2D eigenvalue weighted by molar-refractivity contribution is 9.10. The standard InChI is InChI=1S/C14H12ClNO2.C7H6BrNO2/c1-9-3-5-11(15)7-12(9)10-4-6-13(16-8-10)14(17)18-2;1-11-7(10)6-3-2-5(8)4-9-6/h3-8H,1-2H3;2-4H,1H3. The highest BCUT2D eigenvalue weighted by Gasteiger charge is 2.08. The Labute approximate surface area is 182 Å². The van der Waals surface area contributed by atoms with Crippen molar-refractivity contribution in [1.29, 1.82) is 0 Å². The normalized spacial score (nSPS) is 9.83. The molecule has 3 aromatic rings.